The van der Waals surface area contributed by atoms with Gasteiger partial charge in [-0.15, -0.1) is 0 Å². The molecule has 0 aliphatic carbocycles. The van der Waals surface area contributed by atoms with Crippen LogP contribution in [0, 0.1) is 11.3 Å². The van der Waals surface area contributed by atoms with Gasteiger partial charge in [-0.2, -0.15) is 26.3 Å². The predicted molar refractivity (Wildman–Crippen MR) is 84.1 cm³/mol. The zero-order chi connectivity index (χ0) is 19.8. The number of aliphatic hydroxyl groups is 1. The molecule has 1 nitrogen and oxygen atoms in total. The molecule has 1 aromatic rings. The Morgan fingerprint density at radius 2 is 1.24 bits per heavy atom. The molecule has 0 radical (unpaired) electrons. The van der Waals surface area contributed by atoms with Crippen molar-refractivity contribution in [3.05, 3.63) is 35.4 Å². The molecule has 0 fully saturated rings. The summed E-state index contributed by atoms with van der Waals surface area (Å²) in [4.78, 5) is 0. The van der Waals surface area contributed by atoms with E-state index in [-0.39, 0.29) is 11.3 Å². The lowest BCUT2D eigenvalue weighted by molar-refractivity contribution is -0.376. The summed E-state index contributed by atoms with van der Waals surface area (Å²) in [5.41, 5.74) is -5.67. The summed E-state index contributed by atoms with van der Waals surface area (Å²) in [7, 11) is 0. The van der Waals surface area contributed by atoms with Gasteiger partial charge in [-0.3, -0.25) is 0 Å². The summed E-state index contributed by atoms with van der Waals surface area (Å²) in [5.74, 6) is 0.276. The minimum atomic E-state index is -5.87. The van der Waals surface area contributed by atoms with Crippen LogP contribution in [0.5, 0.6) is 0 Å². The number of alkyl halides is 6. The molecule has 0 saturated heterocycles. The first-order chi connectivity index (χ1) is 11.0. The molecule has 0 aromatic heterocycles. The standard InChI is InChI=1S/C18H24F6O/c1-11(2)10-14(15(3,4)5)12-6-8-13(9-7-12)16(25,17(19,20)21)18(22,23)24/h6-9,11,14,25H,10H2,1-5H3. The highest BCUT2D eigenvalue weighted by molar-refractivity contribution is 5.32. The van der Waals surface area contributed by atoms with Crippen LogP contribution >= 0.6 is 0 Å². The predicted octanol–water partition coefficient (Wildman–Crippen LogP) is 6.17. The van der Waals surface area contributed by atoms with Crippen LogP contribution in [0.1, 0.15) is 58.1 Å². The minimum Gasteiger partial charge on any atom is -0.369 e. The molecule has 1 rings (SSSR count). The third-order valence-corrected chi connectivity index (χ3v) is 4.30. The summed E-state index contributed by atoms with van der Waals surface area (Å²) in [5, 5.41) is 9.44. The van der Waals surface area contributed by atoms with Crippen LogP contribution in [0.3, 0.4) is 0 Å². The van der Waals surface area contributed by atoms with E-state index >= 15 is 0 Å². The van der Waals surface area contributed by atoms with Crippen molar-refractivity contribution in [2.45, 2.75) is 64.9 Å². The Bertz CT molecular complexity index is 549. The van der Waals surface area contributed by atoms with E-state index in [2.05, 4.69) is 0 Å². The molecule has 0 spiro atoms. The quantitative estimate of drug-likeness (QED) is 0.628. The fourth-order valence-electron chi connectivity index (χ4n) is 2.91. The van der Waals surface area contributed by atoms with Crippen molar-refractivity contribution in [2.24, 2.45) is 11.3 Å². The molecule has 0 heterocycles. The third kappa shape index (κ3) is 4.49. The van der Waals surface area contributed by atoms with E-state index < -0.39 is 23.5 Å². The molecule has 1 N–H and O–H groups in total. The molecular weight excluding hydrogens is 346 g/mol. The van der Waals surface area contributed by atoms with Gasteiger partial charge in [0, 0.05) is 5.56 Å². The maximum absolute atomic E-state index is 12.9. The van der Waals surface area contributed by atoms with Crippen LogP contribution in [-0.4, -0.2) is 17.5 Å². The number of halogens is 6. The summed E-state index contributed by atoms with van der Waals surface area (Å²) >= 11 is 0. The van der Waals surface area contributed by atoms with E-state index in [0.717, 1.165) is 18.6 Å². The number of hydrogen-bond acceptors (Lipinski definition) is 1. The number of benzene rings is 1. The van der Waals surface area contributed by atoms with Crippen molar-refractivity contribution in [3.8, 4) is 0 Å². The second-order valence-electron chi connectivity index (χ2n) is 7.88. The lowest BCUT2D eigenvalue weighted by Crippen LogP contribution is -2.53. The fourth-order valence-corrected chi connectivity index (χ4v) is 2.91. The number of hydrogen-bond donors (Lipinski definition) is 1. The third-order valence-electron chi connectivity index (χ3n) is 4.30. The zero-order valence-electron chi connectivity index (χ0n) is 14.9. The van der Waals surface area contributed by atoms with Crippen molar-refractivity contribution in [3.63, 3.8) is 0 Å². The zero-order valence-corrected chi connectivity index (χ0v) is 14.9. The first kappa shape index (κ1) is 21.8. The minimum absolute atomic E-state index is 0.0357. The van der Waals surface area contributed by atoms with Crippen LogP contribution < -0.4 is 0 Å². The summed E-state index contributed by atoms with van der Waals surface area (Å²) in [6.45, 7) is 9.90. The molecule has 0 amide bonds. The van der Waals surface area contributed by atoms with Crippen LogP contribution in [0.4, 0.5) is 26.3 Å². The van der Waals surface area contributed by atoms with Gasteiger partial charge < -0.3 is 5.11 Å². The van der Waals surface area contributed by atoms with E-state index in [4.69, 9.17) is 0 Å². The van der Waals surface area contributed by atoms with Crippen LogP contribution in [-0.2, 0) is 5.60 Å². The van der Waals surface area contributed by atoms with Crippen molar-refractivity contribution < 1.29 is 31.4 Å². The highest BCUT2D eigenvalue weighted by Gasteiger charge is 2.71. The van der Waals surface area contributed by atoms with Crippen LogP contribution in [0.2, 0.25) is 0 Å². The average molecular weight is 370 g/mol. The van der Waals surface area contributed by atoms with Crippen molar-refractivity contribution in [1.29, 1.82) is 0 Å². The first-order valence-electron chi connectivity index (χ1n) is 7.98. The highest BCUT2D eigenvalue weighted by atomic mass is 19.4. The molecule has 1 aromatic carbocycles. The Hall–Kier alpha value is -1.24. The van der Waals surface area contributed by atoms with Crippen molar-refractivity contribution in [1.82, 2.24) is 0 Å². The SMILES string of the molecule is CC(C)CC(c1ccc(C(O)(C(F)(F)F)C(F)(F)F)cc1)C(C)(C)C. The van der Waals surface area contributed by atoms with Gasteiger partial charge in [0.05, 0.1) is 0 Å². The molecule has 0 saturated carbocycles. The first-order valence-corrected chi connectivity index (χ1v) is 7.98. The fraction of sp³-hybridized carbons (Fsp3) is 0.667. The maximum atomic E-state index is 12.9. The monoisotopic (exact) mass is 370 g/mol. The van der Waals surface area contributed by atoms with Gasteiger partial charge in [0.1, 0.15) is 0 Å². The molecule has 0 aliphatic heterocycles. The lowest BCUT2D eigenvalue weighted by Gasteiger charge is -2.35. The highest BCUT2D eigenvalue weighted by Crippen LogP contribution is 2.50. The van der Waals surface area contributed by atoms with Gasteiger partial charge in [-0.05, 0) is 29.2 Å². The van der Waals surface area contributed by atoms with Crippen molar-refractivity contribution in [2.75, 3.05) is 0 Å². The van der Waals surface area contributed by atoms with Gasteiger partial charge in [0.2, 0.25) is 0 Å². The Kier molecular flexibility index (Phi) is 5.95. The van der Waals surface area contributed by atoms with Crippen LogP contribution in [0.15, 0.2) is 24.3 Å². The molecule has 0 bridgehead atoms. The van der Waals surface area contributed by atoms with Gasteiger partial charge in [-0.25, -0.2) is 0 Å². The Balaban J connectivity index is 3.37. The Morgan fingerprint density at radius 1 is 0.840 bits per heavy atom. The molecule has 7 heteroatoms. The second-order valence-corrected chi connectivity index (χ2v) is 7.88. The average Bonchev–Trinajstić information content (AvgIpc) is 2.40. The Morgan fingerprint density at radius 3 is 1.52 bits per heavy atom. The van der Waals surface area contributed by atoms with Crippen molar-refractivity contribution >= 4 is 0 Å². The Labute approximate surface area is 144 Å². The number of rotatable bonds is 4. The maximum Gasteiger partial charge on any atom is 0.430 e. The molecule has 144 valence electrons. The summed E-state index contributed by atoms with van der Waals surface area (Å²) in [6.07, 6.45) is -11.0. The molecule has 25 heavy (non-hydrogen) atoms. The van der Waals surface area contributed by atoms with E-state index in [1.54, 1.807) is 0 Å². The van der Waals surface area contributed by atoms with Gasteiger partial charge in [0.15, 0.2) is 0 Å². The normalized spacial score (nSPS) is 15.6. The molecule has 1 atom stereocenters. The summed E-state index contributed by atoms with van der Waals surface area (Å²) in [6, 6.07) is 3.93. The largest absolute Gasteiger partial charge is 0.430 e. The van der Waals surface area contributed by atoms with E-state index in [1.165, 1.54) is 12.1 Å². The van der Waals surface area contributed by atoms with E-state index in [9.17, 15) is 31.4 Å². The van der Waals surface area contributed by atoms with Gasteiger partial charge >= 0.3 is 12.4 Å². The van der Waals surface area contributed by atoms with E-state index in [1.807, 2.05) is 34.6 Å². The molecular formula is C18H24F6O. The van der Waals surface area contributed by atoms with Crippen LogP contribution in [0.25, 0.3) is 0 Å². The second kappa shape index (κ2) is 6.82. The van der Waals surface area contributed by atoms with E-state index in [0.29, 0.717) is 11.5 Å². The van der Waals surface area contributed by atoms with Gasteiger partial charge in [-0.1, -0.05) is 58.9 Å². The van der Waals surface area contributed by atoms with Gasteiger partial charge in [0.25, 0.3) is 5.60 Å². The topological polar surface area (TPSA) is 20.2 Å². The lowest BCUT2D eigenvalue weighted by atomic mass is 9.72. The smallest absolute Gasteiger partial charge is 0.369 e. The molecule has 0 aliphatic rings. The molecule has 1 unspecified atom stereocenters. The summed E-state index contributed by atoms with van der Waals surface area (Å²) < 4.78 is 77.6.